The van der Waals surface area contributed by atoms with Crippen molar-refractivity contribution < 1.29 is 39.9 Å². The summed E-state index contributed by atoms with van der Waals surface area (Å²) in [5.74, 6) is -7.81. The SMILES string of the molecule is Cc1ncc(-c2cn(-c3c(C(F)(F)C(F)(F)F)c(C)nn3C(F)(F)F)nn2)cc1C(=O)NC1CC1. The number of hydrogen-bond donors (Lipinski definition) is 1. The number of amides is 1. The van der Waals surface area contributed by atoms with Gasteiger partial charge >= 0.3 is 18.4 Å². The smallest absolute Gasteiger partial charge is 0.349 e. The third-order valence-corrected chi connectivity index (χ3v) is 5.20. The maximum absolute atomic E-state index is 14.2. The molecule has 16 heteroatoms. The van der Waals surface area contributed by atoms with Gasteiger partial charge in [-0.05, 0) is 32.8 Å². The number of carbonyl (C=O) groups excluding carboxylic acids is 1. The summed E-state index contributed by atoms with van der Waals surface area (Å²) in [6.07, 6.45) is -8.13. The van der Waals surface area contributed by atoms with Crippen LogP contribution in [-0.4, -0.2) is 47.9 Å². The first-order valence-electron chi connectivity index (χ1n) is 9.93. The molecule has 0 unspecified atom stereocenters. The predicted molar refractivity (Wildman–Crippen MR) is 102 cm³/mol. The Morgan fingerprint density at radius 3 is 2.29 bits per heavy atom. The number of aromatic nitrogens is 6. The third kappa shape index (κ3) is 4.43. The van der Waals surface area contributed by atoms with Crippen molar-refractivity contribution in [2.45, 2.75) is 51.1 Å². The molecule has 0 aromatic carbocycles. The van der Waals surface area contributed by atoms with Crippen molar-refractivity contribution in [3.8, 4) is 17.1 Å². The molecule has 0 spiro atoms. The van der Waals surface area contributed by atoms with Crippen LogP contribution in [0.1, 0.15) is 40.2 Å². The minimum absolute atomic E-state index is 0.0195. The summed E-state index contributed by atoms with van der Waals surface area (Å²) in [5.41, 5.74) is -2.92. The molecule has 0 bridgehead atoms. The van der Waals surface area contributed by atoms with E-state index in [1.165, 1.54) is 12.3 Å². The van der Waals surface area contributed by atoms with Gasteiger partial charge in [-0.1, -0.05) is 5.21 Å². The van der Waals surface area contributed by atoms with Crippen molar-refractivity contribution in [3.63, 3.8) is 0 Å². The number of pyridine rings is 1. The Bertz CT molecular complexity index is 1290. The van der Waals surface area contributed by atoms with Crippen molar-refractivity contribution in [1.82, 2.24) is 35.1 Å². The Balaban J connectivity index is 1.82. The van der Waals surface area contributed by atoms with E-state index in [4.69, 9.17) is 0 Å². The maximum Gasteiger partial charge on any atom is 0.506 e. The summed E-state index contributed by atoms with van der Waals surface area (Å²) in [6, 6.07) is 1.33. The Kier molecular flexibility index (Phi) is 5.59. The lowest BCUT2D eigenvalue weighted by atomic mass is 10.1. The number of hydrogen-bond acceptors (Lipinski definition) is 5. The average molecular weight is 509 g/mol. The van der Waals surface area contributed by atoms with Crippen molar-refractivity contribution in [3.05, 3.63) is 41.0 Å². The molecule has 35 heavy (non-hydrogen) atoms. The van der Waals surface area contributed by atoms with E-state index in [-0.39, 0.29) is 27.5 Å². The van der Waals surface area contributed by atoms with Crippen molar-refractivity contribution in [2.24, 2.45) is 0 Å². The molecular formula is C19H15F8N7O. The van der Waals surface area contributed by atoms with Crippen LogP contribution in [0.25, 0.3) is 17.1 Å². The van der Waals surface area contributed by atoms with Gasteiger partial charge in [0.05, 0.1) is 28.7 Å². The fraction of sp³-hybridized carbons (Fsp3) is 0.421. The van der Waals surface area contributed by atoms with Gasteiger partial charge < -0.3 is 5.32 Å². The van der Waals surface area contributed by atoms with Crippen LogP contribution in [0, 0.1) is 13.8 Å². The van der Waals surface area contributed by atoms with E-state index < -0.39 is 46.1 Å². The molecule has 0 atom stereocenters. The predicted octanol–water partition coefficient (Wildman–Crippen LogP) is 4.17. The standard InChI is InChI=1S/C19H15F8N7O/c1-8-12(15(35)29-11-3-4-11)5-10(6-28-8)13-7-33(32-30-13)16-14(17(20,21)18(22,23)24)9(2)31-34(16)19(25,26)27/h5-7,11H,3-4H2,1-2H3,(H,29,35). The van der Waals surface area contributed by atoms with Crippen molar-refractivity contribution >= 4 is 5.91 Å². The largest absolute Gasteiger partial charge is 0.506 e. The summed E-state index contributed by atoms with van der Waals surface area (Å²) in [7, 11) is 0. The third-order valence-electron chi connectivity index (χ3n) is 5.20. The van der Waals surface area contributed by atoms with Crippen molar-refractivity contribution in [2.75, 3.05) is 0 Å². The normalized spacial score (nSPS) is 14.9. The van der Waals surface area contributed by atoms with E-state index in [2.05, 4.69) is 25.7 Å². The molecule has 1 fully saturated rings. The summed E-state index contributed by atoms with van der Waals surface area (Å²) in [4.78, 5) is 16.4. The molecule has 0 radical (unpaired) electrons. The van der Waals surface area contributed by atoms with Gasteiger partial charge in [0.15, 0.2) is 5.82 Å². The van der Waals surface area contributed by atoms with Gasteiger partial charge in [-0.15, -0.1) is 18.3 Å². The minimum Gasteiger partial charge on any atom is -0.349 e. The number of nitrogens with one attached hydrogen (secondary N) is 1. The molecule has 3 aromatic rings. The molecule has 3 heterocycles. The molecule has 1 saturated carbocycles. The van der Waals surface area contributed by atoms with Crippen LogP contribution < -0.4 is 5.32 Å². The minimum atomic E-state index is -6.21. The van der Waals surface area contributed by atoms with Gasteiger partial charge in [-0.25, -0.2) is 4.68 Å². The number of alkyl halides is 8. The van der Waals surface area contributed by atoms with Gasteiger partial charge in [0.1, 0.15) is 5.69 Å². The van der Waals surface area contributed by atoms with Crippen LogP contribution in [0.15, 0.2) is 18.5 Å². The number of halogens is 8. The monoisotopic (exact) mass is 509 g/mol. The number of nitrogens with zero attached hydrogens (tertiary/aromatic N) is 6. The number of carbonyl (C=O) groups is 1. The number of aryl methyl sites for hydroxylation is 2. The molecule has 0 saturated heterocycles. The van der Waals surface area contributed by atoms with Gasteiger partial charge in [0.25, 0.3) is 5.91 Å². The molecule has 8 nitrogen and oxygen atoms in total. The summed E-state index contributed by atoms with van der Waals surface area (Å²) in [6.45, 7) is 2.13. The van der Waals surface area contributed by atoms with E-state index in [1.54, 1.807) is 6.92 Å². The van der Waals surface area contributed by atoms with E-state index in [9.17, 15) is 39.9 Å². The molecule has 1 amide bonds. The highest BCUT2D eigenvalue weighted by Crippen LogP contribution is 2.48. The fourth-order valence-corrected chi connectivity index (χ4v) is 3.31. The van der Waals surface area contributed by atoms with E-state index in [0.717, 1.165) is 12.8 Å². The lowest BCUT2D eigenvalue weighted by molar-refractivity contribution is -0.289. The van der Waals surface area contributed by atoms with E-state index >= 15 is 0 Å². The first kappa shape index (κ1) is 24.5. The zero-order chi connectivity index (χ0) is 25.9. The van der Waals surface area contributed by atoms with Crippen LogP contribution >= 0.6 is 0 Å². The van der Waals surface area contributed by atoms with E-state index in [1.807, 2.05) is 0 Å². The zero-order valence-corrected chi connectivity index (χ0v) is 17.8. The summed E-state index contributed by atoms with van der Waals surface area (Å²) in [5, 5.41) is 12.5. The first-order chi connectivity index (χ1) is 16.1. The highest BCUT2D eigenvalue weighted by atomic mass is 19.4. The van der Waals surface area contributed by atoms with Crippen LogP contribution in [0.3, 0.4) is 0 Å². The van der Waals surface area contributed by atoms with E-state index in [0.29, 0.717) is 18.8 Å². The van der Waals surface area contributed by atoms with Crippen LogP contribution in [0.2, 0.25) is 0 Å². The average Bonchev–Trinajstić information content (AvgIpc) is 3.27. The Morgan fingerprint density at radius 2 is 1.71 bits per heavy atom. The molecule has 4 rings (SSSR count). The Morgan fingerprint density at radius 1 is 1.06 bits per heavy atom. The molecular weight excluding hydrogens is 494 g/mol. The second-order valence-electron chi connectivity index (χ2n) is 7.89. The molecule has 3 aromatic heterocycles. The quantitative estimate of drug-likeness (QED) is 0.522. The van der Waals surface area contributed by atoms with Crippen LogP contribution in [0.4, 0.5) is 35.1 Å². The molecule has 188 valence electrons. The zero-order valence-electron chi connectivity index (χ0n) is 17.8. The van der Waals surface area contributed by atoms with Gasteiger partial charge in [0.2, 0.25) is 0 Å². The Hall–Kier alpha value is -3.59. The second kappa shape index (κ2) is 7.98. The summed E-state index contributed by atoms with van der Waals surface area (Å²) >= 11 is 0. The maximum atomic E-state index is 14.2. The molecule has 1 N–H and O–H groups in total. The highest BCUT2D eigenvalue weighted by Gasteiger charge is 2.62. The van der Waals surface area contributed by atoms with Gasteiger partial charge in [-0.2, -0.15) is 31.7 Å². The first-order valence-corrected chi connectivity index (χ1v) is 9.93. The van der Waals surface area contributed by atoms with Crippen molar-refractivity contribution in [1.29, 1.82) is 0 Å². The molecule has 1 aliphatic carbocycles. The lowest BCUT2D eigenvalue weighted by Gasteiger charge is -2.21. The topological polar surface area (TPSA) is 90.5 Å². The highest BCUT2D eigenvalue weighted by molar-refractivity contribution is 5.96. The molecule has 1 aliphatic rings. The van der Waals surface area contributed by atoms with Crippen LogP contribution in [0.5, 0.6) is 0 Å². The number of rotatable bonds is 5. The molecule has 0 aliphatic heterocycles. The van der Waals surface area contributed by atoms with Gasteiger partial charge in [0, 0.05) is 17.8 Å². The van der Waals surface area contributed by atoms with Crippen LogP contribution in [-0.2, 0) is 12.2 Å². The lowest BCUT2D eigenvalue weighted by Crippen LogP contribution is -2.35. The Labute approximate surface area is 190 Å². The van der Waals surface area contributed by atoms with Gasteiger partial charge in [-0.3, -0.25) is 9.78 Å². The fourth-order valence-electron chi connectivity index (χ4n) is 3.31. The summed E-state index contributed by atoms with van der Waals surface area (Å²) < 4.78 is 107. The second-order valence-corrected chi connectivity index (χ2v) is 7.89.